The third kappa shape index (κ3) is 10.2. The highest BCUT2D eigenvalue weighted by Crippen LogP contribution is 2.47. The highest BCUT2D eigenvalue weighted by molar-refractivity contribution is 6.08. The zero-order chi connectivity index (χ0) is 36.5. The lowest BCUT2D eigenvalue weighted by Crippen LogP contribution is -2.60. The molecule has 1 aliphatic rings. The summed E-state index contributed by atoms with van der Waals surface area (Å²) in [7, 11) is 0. The summed E-state index contributed by atoms with van der Waals surface area (Å²) in [5, 5.41) is 31.6. The van der Waals surface area contributed by atoms with Crippen molar-refractivity contribution in [2.24, 2.45) is 17.3 Å². The van der Waals surface area contributed by atoms with E-state index in [2.05, 4.69) is 38.3 Å². The quantitative estimate of drug-likeness (QED) is 0.0828. The molecule has 0 saturated heterocycles. The van der Waals surface area contributed by atoms with Crippen molar-refractivity contribution in [1.29, 1.82) is 0 Å². The van der Waals surface area contributed by atoms with Crippen LogP contribution in [0.4, 0.5) is 0 Å². The van der Waals surface area contributed by atoms with Gasteiger partial charge < -0.3 is 20.8 Å². The number of carbonyl (C=O) groups is 2. The minimum atomic E-state index is -1.30. The molecule has 0 unspecified atom stereocenters. The fourth-order valence-corrected chi connectivity index (χ4v) is 7.46. The summed E-state index contributed by atoms with van der Waals surface area (Å²) in [6.07, 6.45) is 3.32. The van der Waals surface area contributed by atoms with E-state index in [4.69, 9.17) is 0 Å². The molecule has 6 heteroatoms. The molecule has 1 saturated carbocycles. The zero-order valence-corrected chi connectivity index (χ0v) is 30.7. The Morgan fingerprint density at radius 1 is 0.529 bits per heavy atom. The maximum absolute atomic E-state index is 14.4. The van der Waals surface area contributed by atoms with E-state index in [0.29, 0.717) is 51.4 Å². The average Bonchev–Trinajstić information content (AvgIpc) is 3.92. The van der Waals surface area contributed by atoms with E-state index < -0.39 is 28.7 Å². The number of carbonyl (C=O) groups excluding carboxylic acids is 2. The van der Waals surface area contributed by atoms with Crippen molar-refractivity contribution in [1.82, 2.24) is 10.6 Å². The van der Waals surface area contributed by atoms with Crippen LogP contribution in [0.15, 0.2) is 121 Å². The van der Waals surface area contributed by atoms with Gasteiger partial charge in [0, 0.05) is 25.7 Å². The first-order valence-corrected chi connectivity index (χ1v) is 18.6. The molecule has 0 spiro atoms. The van der Waals surface area contributed by atoms with Crippen LogP contribution in [0.2, 0.25) is 0 Å². The smallest absolute Gasteiger partial charge is 0.236 e. The second-order valence-electron chi connectivity index (χ2n) is 15.7. The molecular weight excluding hydrogens is 633 g/mol. The van der Waals surface area contributed by atoms with Crippen molar-refractivity contribution in [2.75, 3.05) is 0 Å². The fraction of sp³-hybridized carbons (Fsp3) is 0.422. The van der Waals surface area contributed by atoms with Gasteiger partial charge in [-0.25, -0.2) is 0 Å². The first-order chi connectivity index (χ1) is 24.4. The molecule has 0 radical (unpaired) electrons. The van der Waals surface area contributed by atoms with E-state index in [9.17, 15) is 19.8 Å². The van der Waals surface area contributed by atoms with Crippen molar-refractivity contribution in [3.63, 3.8) is 0 Å². The first kappa shape index (κ1) is 38.0. The van der Waals surface area contributed by atoms with Crippen LogP contribution in [0.25, 0.3) is 0 Å². The predicted octanol–water partition coefficient (Wildman–Crippen LogP) is 7.26. The Kier molecular flexibility index (Phi) is 12.5. The van der Waals surface area contributed by atoms with Crippen LogP contribution in [-0.2, 0) is 35.3 Å². The van der Waals surface area contributed by atoms with Crippen molar-refractivity contribution in [3.8, 4) is 0 Å². The Hall–Kier alpha value is -4.26. The average molecular weight is 689 g/mol. The molecule has 4 aromatic carbocycles. The minimum absolute atomic E-state index is 0.179. The zero-order valence-electron chi connectivity index (χ0n) is 30.7. The second kappa shape index (κ2) is 16.8. The Morgan fingerprint density at radius 2 is 0.784 bits per heavy atom. The van der Waals surface area contributed by atoms with Crippen LogP contribution in [-0.4, -0.2) is 45.3 Å². The number of benzene rings is 4. The van der Waals surface area contributed by atoms with Crippen molar-refractivity contribution >= 4 is 11.8 Å². The molecule has 270 valence electrons. The van der Waals surface area contributed by atoms with E-state index in [1.807, 2.05) is 121 Å². The standard InChI is InChI=1S/C45H56N2O4/c1-33(2)27-39(44(50,29-35-17-9-5-10-18-35)30-36-19-11-6-12-20-36)46-41(48)43(25-26-43)42(49)47-40(28-34(3)4)45(51,31-37-21-13-7-14-22-37)32-38-23-15-8-16-24-38/h5-24,33-34,39-40,50-51H,25-32H2,1-4H3,(H,46,48)(H,47,49)/t39-,40-/m1/s1. The third-order valence-electron chi connectivity index (χ3n) is 10.4. The SMILES string of the molecule is CC(C)C[C@@H](NC(=O)C1(C(=O)N[C@H](CC(C)C)C(O)(Cc2ccccc2)Cc2ccccc2)CC1)C(O)(Cc1ccccc1)Cc1ccccc1. The number of aliphatic hydroxyl groups is 2. The van der Waals surface area contributed by atoms with Gasteiger partial charge in [-0.1, -0.05) is 149 Å². The Balaban J connectivity index is 1.42. The molecule has 0 aliphatic heterocycles. The molecule has 0 heterocycles. The summed E-state index contributed by atoms with van der Waals surface area (Å²) < 4.78 is 0. The number of hydrogen-bond acceptors (Lipinski definition) is 4. The van der Waals surface area contributed by atoms with Crippen molar-refractivity contribution in [2.45, 2.75) is 102 Å². The molecule has 6 nitrogen and oxygen atoms in total. The van der Waals surface area contributed by atoms with Crippen LogP contribution < -0.4 is 10.6 Å². The van der Waals surface area contributed by atoms with Gasteiger partial charge in [0.05, 0.1) is 23.3 Å². The second-order valence-corrected chi connectivity index (χ2v) is 15.7. The molecule has 2 atom stereocenters. The fourth-order valence-electron chi connectivity index (χ4n) is 7.46. The van der Waals surface area contributed by atoms with Gasteiger partial charge in [0.1, 0.15) is 5.41 Å². The van der Waals surface area contributed by atoms with Crippen LogP contribution in [0, 0.1) is 17.3 Å². The molecule has 5 rings (SSSR count). The molecule has 0 bridgehead atoms. The molecule has 1 fully saturated rings. The summed E-state index contributed by atoms with van der Waals surface area (Å²) in [6, 6.07) is 38.3. The maximum atomic E-state index is 14.4. The Labute approximate surface area is 304 Å². The first-order valence-electron chi connectivity index (χ1n) is 18.6. The lowest BCUT2D eigenvalue weighted by molar-refractivity contribution is -0.141. The van der Waals surface area contributed by atoms with Gasteiger partial charge in [-0.3, -0.25) is 9.59 Å². The number of hydrogen-bond donors (Lipinski definition) is 4. The van der Waals surface area contributed by atoms with Gasteiger partial charge in [0.25, 0.3) is 0 Å². The van der Waals surface area contributed by atoms with Gasteiger partial charge >= 0.3 is 0 Å². The summed E-state index contributed by atoms with van der Waals surface area (Å²) in [4.78, 5) is 28.8. The number of rotatable bonds is 18. The topological polar surface area (TPSA) is 98.7 Å². The predicted molar refractivity (Wildman–Crippen MR) is 205 cm³/mol. The largest absolute Gasteiger partial charge is 0.387 e. The van der Waals surface area contributed by atoms with Crippen LogP contribution in [0.1, 0.15) is 75.6 Å². The van der Waals surface area contributed by atoms with E-state index in [-0.39, 0.29) is 23.7 Å². The third-order valence-corrected chi connectivity index (χ3v) is 10.4. The summed E-state index contributed by atoms with van der Waals surface area (Å²) >= 11 is 0. The maximum Gasteiger partial charge on any atom is 0.236 e. The van der Waals surface area contributed by atoms with E-state index in [0.717, 1.165) is 22.3 Å². The number of amides is 2. The molecule has 2 amide bonds. The van der Waals surface area contributed by atoms with E-state index >= 15 is 0 Å². The highest BCUT2D eigenvalue weighted by atomic mass is 16.3. The molecule has 4 aromatic rings. The molecular formula is C45H56N2O4. The molecule has 51 heavy (non-hydrogen) atoms. The summed E-state index contributed by atoms with van der Waals surface area (Å²) in [5.74, 6) is -0.358. The Bertz CT molecular complexity index is 1460. The summed E-state index contributed by atoms with van der Waals surface area (Å²) in [5.41, 5.74) is 0.0413. The molecule has 4 N–H and O–H groups in total. The number of nitrogens with one attached hydrogen (secondary N) is 2. The van der Waals surface area contributed by atoms with Crippen molar-refractivity contribution < 1.29 is 19.8 Å². The van der Waals surface area contributed by atoms with Gasteiger partial charge in [0.2, 0.25) is 11.8 Å². The Morgan fingerprint density at radius 3 is 1.00 bits per heavy atom. The van der Waals surface area contributed by atoms with Gasteiger partial charge in [-0.05, 0) is 59.8 Å². The van der Waals surface area contributed by atoms with E-state index in [1.165, 1.54) is 0 Å². The lowest BCUT2D eigenvalue weighted by atomic mass is 9.78. The molecule has 1 aliphatic carbocycles. The van der Waals surface area contributed by atoms with Crippen molar-refractivity contribution in [3.05, 3.63) is 144 Å². The molecule has 0 aromatic heterocycles. The van der Waals surface area contributed by atoms with Crippen LogP contribution >= 0.6 is 0 Å². The minimum Gasteiger partial charge on any atom is -0.387 e. The van der Waals surface area contributed by atoms with Crippen LogP contribution in [0.3, 0.4) is 0 Å². The highest BCUT2D eigenvalue weighted by Gasteiger charge is 2.58. The monoisotopic (exact) mass is 688 g/mol. The van der Waals surface area contributed by atoms with Gasteiger partial charge in [-0.2, -0.15) is 0 Å². The van der Waals surface area contributed by atoms with E-state index in [1.54, 1.807) is 0 Å². The summed E-state index contributed by atoms with van der Waals surface area (Å²) in [6.45, 7) is 8.34. The van der Waals surface area contributed by atoms with Gasteiger partial charge in [0.15, 0.2) is 0 Å². The lowest BCUT2D eigenvalue weighted by Gasteiger charge is -2.40. The van der Waals surface area contributed by atoms with Gasteiger partial charge in [-0.15, -0.1) is 0 Å². The normalized spacial score (nSPS) is 15.3. The van der Waals surface area contributed by atoms with Crippen LogP contribution in [0.5, 0.6) is 0 Å².